The molecule has 0 aliphatic rings. The van der Waals surface area contributed by atoms with E-state index in [1.54, 1.807) is 0 Å². The van der Waals surface area contributed by atoms with Crippen LogP contribution in [0.1, 0.15) is 12.6 Å². The number of rotatable bonds is 2. The number of H-pyrrole nitrogens is 1. The van der Waals surface area contributed by atoms with Gasteiger partial charge in [0.1, 0.15) is 5.69 Å². The van der Waals surface area contributed by atoms with Crippen LogP contribution in [0.25, 0.3) is 11.3 Å². The van der Waals surface area contributed by atoms with Gasteiger partial charge in [-0.3, -0.25) is 5.10 Å². The molecular formula is C11H11F2N3. The number of benzene rings is 1. The minimum atomic E-state index is -0.905. The van der Waals surface area contributed by atoms with Gasteiger partial charge < -0.3 is 5.73 Å². The minimum Gasteiger partial charge on any atom is -0.395 e. The Balaban J connectivity index is 2.50. The number of hydrogen-bond donors (Lipinski definition) is 2. The van der Waals surface area contributed by atoms with Gasteiger partial charge in [0.2, 0.25) is 0 Å². The number of nitrogens with two attached hydrogens (primary N) is 1. The smallest absolute Gasteiger partial charge is 0.159 e. The Morgan fingerprint density at radius 1 is 1.31 bits per heavy atom. The van der Waals surface area contributed by atoms with Crippen molar-refractivity contribution in [3.63, 3.8) is 0 Å². The molecule has 1 aromatic heterocycles. The summed E-state index contributed by atoms with van der Waals surface area (Å²) in [6, 6.07) is 3.59. The number of nitrogens with one attached hydrogen (secondary N) is 1. The lowest BCUT2D eigenvalue weighted by molar-refractivity contribution is 0.509. The van der Waals surface area contributed by atoms with Crippen molar-refractivity contribution in [2.45, 2.75) is 13.3 Å². The van der Waals surface area contributed by atoms with Crippen LogP contribution in [0.2, 0.25) is 0 Å². The SMILES string of the molecule is CCc1[nH]nc(-c2ccc(F)c(F)c2)c1N. The lowest BCUT2D eigenvalue weighted by atomic mass is 10.1. The molecule has 3 N–H and O–H groups in total. The first-order chi connectivity index (χ1) is 7.63. The summed E-state index contributed by atoms with van der Waals surface area (Å²) in [5.41, 5.74) is 8.02. The summed E-state index contributed by atoms with van der Waals surface area (Å²) < 4.78 is 25.8. The summed E-state index contributed by atoms with van der Waals surface area (Å²) in [6.45, 7) is 1.93. The van der Waals surface area contributed by atoms with Crippen LogP contribution in [0.3, 0.4) is 0 Å². The molecule has 0 aliphatic heterocycles. The molecule has 1 aromatic carbocycles. The molecule has 0 unspecified atom stereocenters. The molecule has 0 spiro atoms. The fourth-order valence-corrected chi connectivity index (χ4v) is 1.52. The van der Waals surface area contributed by atoms with Gasteiger partial charge in [-0.05, 0) is 24.6 Å². The van der Waals surface area contributed by atoms with Crippen molar-refractivity contribution >= 4 is 5.69 Å². The summed E-state index contributed by atoms with van der Waals surface area (Å²) in [5.74, 6) is -1.79. The second-order valence-corrected chi connectivity index (χ2v) is 3.45. The van der Waals surface area contributed by atoms with Crippen LogP contribution >= 0.6 is 0 Å². The van der Waals surface area contributed by atoms with Crippen molar-refractivity contribution in [1.29, 1.82) is 0 Å². The number of halogens is 2. The molecular weight excluding hydrogens is 212 g/mol. The Hall–Kier alpha value is -1.91. The molecule has 0 saturated carbocycles. The summed E-state index contributed by atoms with van der Waals surface area (Å²) in [7, 11) is 0. The number of anilines is 1. The number of nitrogens with zero attached hydrogens (tertiary/aromatic N) is 1. The number of aromatic amines is 1. The lowest BCUT2D eigenvalue weighted by Crippen LogP contribution is -1.92. The maximum Gasteiger partial charge on any atom is 0.159 e. The summed E-state index contributed by atoms with van der Waals surface area (Å²) in [5, 5.41) is 6.75. The Morgan fingerprint density at radius 3 is 2.62 bits per heavy atom. The first-order valence-electron chi connectivity index (χ1n) is 4.91. The zero-order valence-corrected chi connectivity index (χ0v) is 8.72. The van der Waals surface area contributed by atoms with E-state index >= 15 is 0 Å². The molecule has 0 atom stereocenters. The average Bonchev–Trinajstić information content (AvgIpc) is 2.64. The molecule has 84 valence electrons. The van der Waals surface area contributed by atoms with E-state index in [1.165, 1.54) is 6.07 Å². The fraction of sp³-hybridized carbons (Fsp3) is 0.182. The van der Waals surface area contributed by atoms with Crippen LogP contribution in [-0.4, -0.2) is 10.2 Å². The second-order valence-electron chi connectivity index (χ2n) is 3.45. The van der Waals surface area contributed by atoms with Gasteiger partial charge in [0.05, 0.1) is 11.4 Å². The van der Waals surface area contributed by atoms with E-state index in [0.29, 0.717) is 23.4 Å². The Labute approximate surface area is 91.3 Å². The van der Waals surface area contributed by atoms with E-state index in [0.717, 1.165) is 17.8 Å². The van der Waals surface area contributed by atoms with Crippen molar-refractivity contribution in [2.75, 3.05) is 5.73 Å². The maximum absolute atomic E-state index is 13.0. The largest absolute Gasteiger partial charge is 0.395 e. The van der Waals surface area contributed by atoms with Crippen LogP contribution < -0.4 is 5.73 Å². The van der Waals surface area contributed by atoms with Crippen molar-refractivity contribution in [2.24, 2.45) is 0 Å². The normalized spacial score (nSPS) is 10.7. The highest BCUT2D eigenvalue weighted by Crippen LogP contribution is 2.27. The predicted octanol–water partition coefficient (Wildman–Crippen LogP) is 2.50. The van der Waals surface area contributed by atoms with E-state index in [9.17, 15) is 8.78 Å². The Morgan fingerprint density at radius 2 is 2.06 bits per heavy atom. The lowest BCUT2D eigenvalue weighted by Gasteiger charge is -2.00. The second kappa shape index (κ2) is 3.92. The molecule has 0 amide bonds. The first kappa shape index (κ1) is 10.6. The van der Waals surface area contributed by atoms with Crippen molar-refractivity contribution < 1.29 is 8.78 Å². The van der Waals surface area contributed by atoms with Crippen LogP contribution in [0.4, 0.5) is 14.5 Å². The molecule has 1 heterocycles. The molecule has 0 bridgehead atoms. The minimum absolute atomic E-state index is 0.454. The number of aromatic nitrogens is 2. The maximum atomic E-state index is 13.0. The molecule has 16 heavy (non-hydrogen) atoms. The Bertz CT molecular complexity index is 520. The third-order valence-corrected chi connectivity index (χ3v) is 2.43. The molecule has 2 aromatic rings. The fourth-order valence-electron chi connectivity index (χ4n) is 1.52. The zero-order valence-electron chi connectivity index (χ0n) is 8.72. The van der Waals surface area contributed by atoms with Crippen LogP contribution in [0.5, 0.6) is 0 Å². The molecule has 2 rings (SSSR count). The summed E-state index contributed by atoms with van der Waals surface area (Å²) >= 11 is 0. The summed E-state index contributed by atoms with van der Waals surface area (Å²) in [4.78, 5) is 0. The van der Waals surface area contributed by atoms with Gasteiger partial charge in [0.15, 0.2) is 11.6 Å². The van der Waals surface area contributed by atoms with E-state index in [2.05, 4.69) is 10.2 Å². The van der Waals surface area contributed by atoms with E-state index in [4.69, 9.17) is 5.73 Å². The molecule has 0 radical (unpaired) electrons. The van der Waals surface area contributed by atoms with Gasteiger partial charge in [-0.15, -0.1) is 0 Å². The molecule has 5 heteroatoms. The number of aryl methyl sites for hydroxylation is 1. The standard InChI is InChI=1S/C11H11F2N3/c1-2-9-10(14)11(16-15-9)6-3-4-7(12)8(13)5-6/h3-5H,2,14H2,1H3,(H,15,16). The third-order valence-electron chi connectivity index (χ3n) is 2.43. The van der Waals surface area contributed by atoms with Crippen LogP contribution in [-0.2, 0) is 6.42 Å². The van der Waals surface area contributed by atoms with E-state index < -0.39 is 11.6 Å². The molecule has 0 saturated heterocycles. The van der Waals surface area contributed by atoms with Gasteiger partial charge in [-0.1, -0.05) is 6.92 Å². The van der Waals surface area contributed by atoms with E-state index in [-0.39, 0.29) is 0 Å². The number of nitrogen functional groups attached to an aromatic ring is 1. The molecule has 0 aliphatic carbocycles. The third kappa shape index (κ3) is 1.64. The molecule has 0 fully saturated rings. The summed E-state index contributed by atoms with van der Waals surface area (Å²) in [6.07, 6.45) is 0.711. The Kier molecular flexibility index (Phi) is 2.60. The van der Waals surface area contributed by atoms with Crippen molar-refractivity contribution in [3.8, 4) is 11.3 Å². The van der Waals surface area contributed by atoms with Gasteiger partial charge in [0, 0.05) is 5.56 Å². The van der Waals surface area contributed by atoms with Gasteiger partial charge in [-0.25, -0.2) is 8.78 Å². The predicted molar refractivity (Wildman–Crippen MR) is 57.7 cm³/mol. The van der Waals surface area contributed by atoms with Crippen LogP contribution in [0.15, 0.2) is 18.2 Å². The van der Waals surface area contributed by atoms with Crippen LogP contribution in [0, 0.1) is 11.6 Å². The highest BCUT2D eigenvalue weighted by molar-refractivity contribution is 5.74. The van der Waals surface area contributed by atoms with Crippen molar-refractivity contribution in [1.82, 2.24) is 10.2 Å². The quantitative estimate of drug-likeness (QED) is 0.821. The molecule has 3 nitrogen and oxygen atoms in total. The average molecular weight is 223 g/mol. The highest BCUT2D eigenvalue weighted by atomic mass is 19.2. The zero-order chi connectivity index (χ0) is 11.7. The topological polar surface area (TPSA) is 54.7 Å². The first-order valence-corrected chi connectivity index (χ1v) is 4.91. The van der Waals surface area contributed by atoms with Gasteiger partial charge in [-0.2, -0.15) is 5.10 Å². The monoisotopic (exact) mass is 223 g/mol. The van der Waals surface area contributed by atoms with Gasteiger partial charge >= 0.3 is 0 Å². The number of hydrogen-bond acceptors (Lipinski definition) is 2. The van der Waals surface area contributed by atoms with E-state index in [1.807, 2.05) is 6.92 Å². The van der Waals surface area contributed by atoms with Gasteiger partial charge in [0.25, 0.3) is 0 Å². The van der Waals surface area contributed by atoms with Crippen molar-refractivity contribution in [3.05, 3.63) is 35.5 Å². The highest BCUT2D eigenvalue weighted by Gasteiger charge is 2.12.